The van der Waals surface area contributed by atoms with Crippen molar-refractivity contribution >= 4 is 11.8 Å². The van der Waals surface area contributed by atoms with E-state index in [0.29, 0.717) is 38.3 Å². The van der Waals surface area contributed by atoms with Gasteiger partial charge in [-0.05, 0) is 60.4 Å². The number of likely N-dealkylation sites (tertiary alicyclic amines) is 1. The highest BCUT2D eigenvalue weighted by molar-refractivity contribution is 5.85. The van der Waals surface area contributed by atoms with Crippen LogP contribution in [0.2, 0.25) is 0 Å². The summed E-state index contributed by atoms with van der Waals surface area (Å²) in [5, 5.41) is 0. The van der Waals surface area contributed by atoms with E-state index in [2.05, 4.69) is 17.1 Å². The maximum atomic E-state index is 12.8. The minimum Gasteiger partial charge on any atom is -0.369 e. The summed E-state index contributed by atoms with van der Waals surface area (Å²) in [6.07, 6.45) is 10.1. The predicted molar refractivity (Wildman–Crippen MR) is 113 cm³/mol. The molecule has 5 heteroatoms. The van der Waals surface area contributed by atoms with Gasteiger partial charge >= 0.3 is 0 Å². The van der Waals surface area contributed by atoms with Crippen molar-refractivity contribution in [2.45, 2.75) is 44.9 Å². The summed E-state index contributed by atoms with van der Waals surface area (Å²) >= 11 is 0. The Morgan fingerprint density at radius 2 is 1.83 bits per heavy atom. The van der Waals surface area contributed by atoms with Crippen molar-refractivity contribution in [2.75, 3.05) is 13.1 Å². The Bertz CT molecular complexity index is 877. The highest BCUT2D eigenvalue weighted by atomic mass is 16.2. The highest BCUT2D eigenvalue weighted by Gasteiger charge is 2.45. The van der Waals surface area contributed by atoms with Crippen LogP contribution in [0, 0.1) is 11.3 Å². The molecule has 0 spiro atoms. The summed E-state index contributed by atoms with van der Waals surface area (Å²) in [5.74, 6) is 0.388. The van der Waals surface area contributed by atoms with Gasteiger partial charge in [0.25, 0.3) is 0 Å². The molecule has 0 unspecified atom stereocenters. The lowest BCUT2D eigenvalue weighted by Gasteiger charge is -2.27. The fraction of sp³-hybridized carbons (Fsp3) is 0.458. The van der Waals surface area contributed by atoms with E-state index < -0.39 is 5.41 Å². The normalized spacial score (nSPS) is 22.1. The van der Waals surface area contributed by atoms with E-state index in [-0.39, 0.29) is 11.8 Å². The Labute approximate surface area is 172 Å². The zero-order chi connectivity index (χ0) is 20.3. The second-order valence-electron chi connectivity index (χ2n) is 8.63. The molecule has 1 aromatic carbocycles. The van der Waals surface area contributed by atoms with E-state index in [4.69, 9.17) is 5.73 Å². The minimum absolute atomic E-state index is 0.183. The Morgan fingerprint density at radius 1 is 1.10 bits per heavy atom. The van der Waals surface area contributed by atoms with Gasteiger partial charge in [0, 0.05) is 31.9 Å². The van der Waals surface area contributed by atoms with Crippen LogP contribution in [0.15, 0.2) is 48.8 Å². The maximum absolute atomic E-state index is 12.8. The number of aromatic nitrogens is 1. The van der Waals surface area contributed by atoms with Crippen molar-refractivity contribution in [1.29, 1.82) is 0 Å². The van der Waals surface area contributed by atoms with Crippen LogP contribution in [-0.4, -0.2) is 34.8 Å². The van der Waals surface area contributed by atoms with Crippen LogP contribution in [0.4, 0.5) is 0 Å². The standard InChI is InChI=1S/C24H29N3O2/c25-23(29)24(11-14-27(17-24)22(28)15-18-5-1-2-6-18)16-20-7-3-4-8-21(20)19-9-12-26-13-10-19/h3-4,7-10,12-13,18H,1-2,5-6,11,14-17H2,(H2,25,29)/t24-/m1/s1. The molecule has 29 heavy (non-hydrogen) atoms. The Morgan fingerprint density at radius 3 is 2.55 bits per heavy atom. The molecule has 1 saturated carbocycles. The largest absolute Gasteiger partial charge is 0.369 e. The zero-order valence-electron chi connectivity index (χ0n) is 16.8. The van der Waals surface area contributed by atoms with Crippen LogP contribution in [0.1, 0.15) is 44.1 Å². The van der Waals surface area contributed by atoms with E-state index in [1.165, 1.54) is 12.8 Å². The molecule has 2 aromatic rings. The van der Waals surface area contributed by atoms with Gasteiger partial charge in [0.1, 0.15) is 0 Å². The van der Waals surface area contributed by atoms with E-state index >= 15 is 0 Å². The minimum atomic E-state index is -0.700. The van der Waals surface area contributed by atoms with Crippen molar-refractivity contribution in [3.05, 3.63) is 54.4 Å². The second-order valence-corrected chi connectivity index (χ2v) is 8.63. The third-order valence-corrected chi connectivity index (χ3v) is 6.70. The van der Waals surface area contributed by atoms with Gasteiger partial charge in [-0.15, -0.1) is 0 Å². The number of amides is 2. The first kappa shape index (κ1) is 19.6. The number of carbonyl (C=O) groups is 2. The number of primary amides is 1. The summed E-state index contributed by atoms with van der Waals surface area (Å²) < 4.78 is 0. The summed E-state index contributed by atoms with van der Waals surface area (Å²) in [4.78, 5) is 31.4. The van der Waals surface area contributed by atoms with Gasteiger partial charge in [-0.25, -0.2) is 0 Å². The van der Waals surface area contributed by atoms with E-state index in [9.17, 15) is 9.59 Å². The van der Waals surface area contributed by atoms with Crippen molar-refractivity contribution < 1.29 is 9.59 Å². The van der Waals surface area contributed by atoms with E-state index in [1.807, 2.05) is 29.2 Å². The van der Waals surface area contributed by atoms with Gasteiger partial charge in [0.2, 0.25) is 11.8 Å². The lowest BCUT2D eigenvalue weighted by Crippen LogP contribution is -2.42. The third kappa shape index (κ3) is 4.19. The summed E-state index contributed by atoms with van der Waals surface area (Å²) in [7, 11) is 0. The molecule has 1 aliphatic heterocycles. The average molecular weight is 392 g/mol. The molecule has 0 bridgehead atoms. The summed E-state index contributed by atoms with van der Waals surface area (Å²) in [5.41, 5.74) is 8.45. The highest BCUT2D eigenvalue weighted by Crippen LogP contribution is 2.38. The molecule has 1 aromatic heterocycles. The quantitative estimate of drug-likeness (QED) is 0.818. The molecule has 2 fully saturated rings. The van der Waals surface area contributed by atoms with Crippen LogP contribution in [0.3, 0.4) is 0 Å². The van der Waals surface area contributed by atoms with Crippen molar-refractivity contribution in [3.8, 4) is 11.1 Å². The van der Waals surface area contributed by atoms with Crippen molar-refractivity contribution in [2.24, 2.45) is 17.1 Å². The van der Waals surface area contributed by atoms with Gasteiger partial charge in [0.05, 0.1) is 5.41 Å². The summed E-state index contributed by atoms with van der Waals surface area (Å²) in [6, 6.07) is 12.1. The number of hydrogen-bond donors (Lipinski definition) is 1. The number of hydrogen-bond acceptors (Lipinski definition) is 3. The van der Waals surface area contributed by atoms with E-state index in [0.717, 1.165) is 29.5 Å². The SMILES string of the molecule is NC(=O)[C@@]1(Cc2ccccc2-c2ccncc2)CCN(C(=O)CC2CCCC2)C1. The molecule has 1 saturated heterocycles. The first-order valence-corrected chi connectivity index (χ1v) is 10.6. The molecule has 1 atom stereocenters. The Balaban J connectivity index is 1.53. The monoisotopic (exact) mass is 391 g/mol. The van der Waals surface area contributed by atoms with Crippen LogP contribution in [0.25, 0.3) is 11.1 Å². The van der Waals surface area contributed by atoms with Crippen LogP contribution < -0.4 is 5.73 Å². The molecular weight excluding hydrogens is 362 g/mol. The number of nitrogens with two attached hydrogens (primary N) is 1. The third-order valence-electron chi connectivity index (χ3n) is 6.70. The van der Waals surface area contributed by atoms with Crippen LogP contribution >= 0.6 is 0 Å². The molecule has 4 rings (SSSR count). The van der Waals surface area contributed by atoms with Crippen LogP contribution in [0.5, 0.6) is 0 Å². The zero-order valence-corrected chi connectivity index (χ0v) is 16.8. The molecule has 5 nitrogen and oxygen atoms in total. The number of benzene rings is 1. The van der Waals surface area contributed by atoms with Crippen molar-refractivity contribution in [3.63, 3.8) is 0 Å². The van der Waals surface area contributed by atoms with Gasteiger partial charge < -0.3 is 10.6 Å². The van der Waals surface area contributed by atoms with Gasteiger partial charge in [0.15, 0.2) is 0 Å². The summed E-state index contributed by atoms with van der Waals surface area (Å²) in [6.45, 7) is 1.05. The fourth-order valence-corrected chi connectivity index (χ4v) is 4.96. The van der Waals surface area contributed by atoms with Gasteiger partial charge in [-0.1, -0.05) is 37.1 Å². The Hall–Kier alpha value is -2.69. The Kier molecular flexibility index (Phi) is 5.65. The molecule has 2 heterocycles. The molecule has 2 amide bonds. The number of carbonyl (C=O) groups excluding carboxylic acids is 2. The molecule has 2 aliphatic rings. The smallest absolute Gasteiger partial charge is 0.225 e. The van der Waals surface area contributed by atoms with Gasteiger partial charge in [-0.3, -0.25) is 14.6 Å². The molecule has 152 valence electrons. The van der Waals surface area contributed by atoms with Gasteiger partial charge in [-0.2, -0.15) is 0 Å². The molecular formula is C24H29N3O2. The second kappa shape index (κ2) is 8.36. The molecule has 0 radical (unpaired) electrons. The first-order valence-electron chi connectivity index (χ1n) is 10.6. The maximum Gasteiger partial charge on any atom is 0.225 e. The first-order chi connectivity index (χ1) is 14.1. The fourth-order valence-electron chi connectivity index (χ4n) is 4.96. The number of nitrogens with zero attached hydrogens (tertiary/aromatic N) is 2. The van der Waals surface area contributed by atoms with E-state index in [1.54, 1.807) is 12.4 Å². The van der Waals surface area contributed by atoms with Crippen molar-refractivity contribution in [1.82, 2.24) is 9.88 Å². The molecule has 1 aliphatic carbocycles. The lowest BCUT2D eigenvalue weighted by atomic mass is 9.78. The van der Waals surface area contributed by atoms with Crippen LogP contribution in [-0.2, 0) is 16.0 Å². The topological polar surface area (TPSA) is 76.3 Å². The number of rotatable bonds is 6. The predicted octanol–water partition coefficient (Wildman–Crippen LogP) is 3.58. The number of pyridine rings is 1. The molecule has 2 N–H and O–H groups in total. The lowest BCUT2D eigenvalue weighted by molar-refractivity contribution is -0.132. The average Bonchev–Trinajstić information content (AvgIpc) is 3.40.